The van der Waals surface area contributed by atoms with Crippen molar-refractivity contribution < 1.29 is 14.7 Å². The fourth-order valence-electron chi connectivity index (χ4n) is 4.90. The van der Waals surface area contributed by atoms with E-state index >= 15 is 0 Å². The summed E-state index contributed by atoms with van der Waals surface area (Å²) in [6.45, 7) is 1.26. The first-order chi connectivity index (χ1) is 15.4. The number of nitrogens with zero attached hydrogens (tertiary/aromatic N) is 3. The number of H-pyrrole nitrogens is 1. The standard InChI is InChI=1S/C24H20N4O4/c1-26-20-11-13(5-7-18(20)25-24(26)32)28-22(30)16-4-2-3-15-19(27-10-9-14(29)12-27)8-6-17(21(15)16)23(28)31/h2-8,11,14,29H,9-10,12H2,1H3,(H,25,32)/t14-/m1/s1. The van der Waals surface area contributed by atoms with Crippen LogP contribution in [0.1, 0.15) is 27.1 Å². The molecule has 1 fully saturated rings. The summed E-state index contributed by atoms with van der Waals surface area (Å²) in [6, 6.07) is 14.2. The first-order valence-corrected chi connectivity index (χ1v) is 10.5. The van der Waals surface area contributed by atoms with Crippen molar-refractivity contribution in [1.29, 1.82) is 0 Å². The molecule has 3 aromatic carbocycles. The largest absolute Gasteiger partial charge is 0.391 e. The maximum Gasteiger partial charge on any atom is 0.326 e. The van der Waals surface area contributed by atoms with Gasteiger partial charge in [-0.05, 0) is 42.8 Å². The van der Waals surface area contributed by atoms with Crippen molar-refractivity contribution in [3.8, 4) is 0 Å². The van der Waals surface area contributed by atoms with Crippen LogP contribution in [0.4, 0.5) is 11.4 Å². The minimum atomic E-state index is -0.397. The number of aliphatic hydroxyl groups excluding tert-OH is 1. The molecule has 2 aliphatic rings. The van der Waals surface area contributed by atoms with Gasteiger partial charge in [-0.2, -0.15) is 0 Å². The SMILES string of the molecule is Cn1c(=O)[nH]c2ccc(N3C(=O)c4cccc5c(N6CC[C@@H](O)C6)ccc(c45)C3=O)cc21. The van der Waals surface area contributed by atoms with Crippen molar-refractivity contribution in [2.45, 2.75) is 12.5 Å². The second kappa shape index (κ2) is 6.54. The van der Waals surface area contributed by atoms with Gasteiger partial charge in [0.2, 0.25) is 0 Å². The number of benzene rings is 3. The number of amides is 2. The first kappa shape index (κ1) is 18.8. The van der Waals surface area contributed by atoms with Crippen LogP contribution in [-0.2, 0) is 7.05 Å². The summed E-state index contributed by atoms with van der Waals surface area (Å²) in [6.07, 6.45) is 0.317. The van der Waals surface area contributed by atoms with Gasteiger partial charge in [0.25, 0.3) is 11.8 Å². The molecule has 1 aromatic heterocycles. The molecule has 1 atom stereocenters. The molecule has 2 N–H and O–H groups in total. The number of nitrogens with one attached hydrogen (secondary N) is 1. The lowest BCUT2D eigenvalue weighted by molar-refractivity contribution is 0.0893. The second-order valence-electron chi connectivity index (χ2n) is 8.39. The number of carbonyl (C=O) groups excluding carboxylic acids is 2. The number of anilines is 2. The maximum atomic E-state index is 13.5. The van der Waals surface area contributed by atoms with E-state index in [0.29, 0.717) is 46.2 Å². The van der Waals surface area contributed by atoms with Crippen LogP contribution in [0.15, 0.2) is 53.3 Å². The number of carbonyl (C=O) groups is 2. The minimum absolute atomic E-state index is 0.261. The van der Waals surface area contributed by atoms with Gasteiger partial charge in [0.05, 0.1) is 22.8 Å². The molecule has 0 bridgehead atoms. The van der Waals surface area contributed by atoms with Crippen LogP contribution in [-0.4, -0.2) is 45.7 Å². The molecule has 1 saturated heterocycles. The Balaban J connectivity index is 1.52. The average Bonchev–Trinajstić information content (AvgIpc) is 3.34. The first-order valence-electron chi connectivity index (χ1n) is 10.5. The van der Waals surface area contributed by atoms with Crippen LogP contribution < -0.4 is 15.5 Å². The fraction of sp³-hybridized carbons (Fsp3) is 0.208. The highest BCUT2D eigenvalue weighted by molar-refractivity contribution is 6.36. The highest BCUT2D eigenvalue weighted by Crippen LogP contribution is 2.38. The molecule has 2 amide bonds. The van der Waals surface area contributed by atoms with Crippen molar-refractivity contribution in [1.82, 2.24) is 9.55 Å². The molecule has 3 heterocycles. The van der Waals surface area contributed by atoms with Gasteiger partial charge < -0.3 is 15.0 Å². The third-order valence-electron chi connectivity index (χ3n) is 6.54. The van der Waals surface area contributed by atoms with Crippen molar-refractivity contribution in [2.24, 2.45) is 7.05 Å². The number of hydrogen-bond acceptors (Lipinski definition) is 5. The van der Waals surface area contributed by atoms with E-state index in [9.17, 15) is 19.5 Å². The molecule has 0 spiro atoms. The monoisotopic (exact) mass is 428 g/mol. The normalized spacial score (nSPS) is 18.4. The summed E-state index contributed by atoms with van der Waals surface area (Å²) in [5, 5.41) is 11.4. The average molecular weight is 428 g/mol. The maximum absolute atomic E-state index is 13.5. The number of rotatable bonds is 2. The Labute approximate surface area is 182 Å². The van der Waals surface area contributed by atoms with Gasteiger partial charge >= 0.3 is 5.69 Å². The van der Waals surface area contributed by atoms with Gasteiger partial charge in [-0.3, -0.25) is 14.2 Å². The molecule has 32 heavy (non-hydrogen) atoms. The fourth-order valence-corrected chi connectivity index (χ4v) is 4.90. The lowest BCUT2D eigenvalue weighted by Crippen LogP contribution is -2.40. The molecule has 8 nitrogen and oxygen atoms in total. The number of imidazole rings is 1. The van der Waals surface area contributed by atoms with Gasteiger partial charge in [-0.25, -0.2) is 9.69 Å². The molecule has 6 rings (SSSR count). The molecule has 4 aromatic rings. The van der Waals surface area contributed by atoms with E-state index < -0.39 is 11.8 Å². The predicted octanol–water partition coefficient (Wildman–Crippen LogP) is 2.39. The van der Waals surface area contributed by atoms with E-state index in [1.165, 1.54) is 9.47 Å². The number of aryl methyl sites for hydroxylation is 1. The Hall–Kier alpha value is -3.91. The Bertz CT molecular complexity index is 1490. The summed E-state index contributed by atoms with van der Waals surface area (Å²) < 4.78 is 1.45. The van der Waals surface area contributed by atoms with Gasteiger partial charge in [-0.1, -0.05) is 12.1 Å². The predicted molar refractivity (Wildman–Crippen MR) is 121 cm³/mol. The highest BCUT2D eigenvalue weighted by Gasteiger charge is 2.35. The molecule has 0 aliphatic carbocycles. The highest BCUT2D eigenvalue weighted by atomic mass is 16.3. The van der Waals surface area contributed by atoms with E-state index in [-0.39, 0.29) is 11.8 Å². The molecule has 2 aliphatic heterocycles. The van der Waals surface area contributed by atoms with Crippen molar-refractivity contribution >= 4 is 45.0 Å². The van der Waals surface area contributed by atoms with E-state index in [4.69, 9.17) is 0 Å². The van der Waals surface area contributed by atoms with Gasteiger partial charge in [0, 0.05) is 47.7 Å². The third-order valence-corrected chi connectivity index (χ3v) is 6.54. The zero-order valence-corrected chi connectivity index (χ0v) is 17.3. The van der Waals surface area contributed by atoms with Crippen LogP contribution >= 0.6 is 0 Å². The molecule has 160 valence electrons. The summed E-state index contributed by atoms with van der Waals surface area (Å²) in [5.74, 6) is -0.793. The van der Waals surface area contributed by atoms with Crippen LogP contribution in [0.3, 0.4) is 0 Å². The number of β-amino-alcohol motifs (C(OH)–C–C–N with tert-alkyl or cyclic N) is 1. The minimum Gasteiger partial charge on any atom is -0.391 e. The van der Waals surface area contributed by atoms with E-state index in [1.54, 1.807) is 37.4 Å². The van der Waals surface area contributed by atoms with Gasteiger partial charge in [-0.15, -0.1) is 0 Å². The van der Waals surface area contributed by atoms with E-state index in [0.717, 1.165) is 17.6 Å². The van der Waals surface area contributed by atoms with Crippen LogP contribution in [0.25, 0.3) is 21.8 Å². The van der Waals surface area contributed by atoms with Gasteiger partial charge in [0.1, 0.15) is 0 Å². The third kappa shape index (κ3) is 2.50. The van der Waals surface area contributed by atoms with E-state index in [2.05, 4.69) is 9.88 Å². The summed E-state index contributed by atoms with van der Waals surface area (Å²) in [5.41, 5.74) is 3.24. The summed E-state index contributed by atoms with van der Waals surface area (Å²) >= 11 is 0. The lowest BCUT2D eigenvalue weighted by Gasteiger charge is -2.29. The quantitative estimate of drug-likeness (QED) is 0.478. The number of aromatic nitrogens is 2. The van der Waals surface area contributed by atoms with Gasteiger partial charge in [0.15, 0.2) is 0 Å². The summed E-state index contributed by atoms with van der Waals surface area (Å²) in [7, 11) is 1.64. The van der Waals surface area contributed by atoms with E-state index in [1.807, 2.05) is 18.2 Å². The van der Waals surface area contributed by atoms with Crippen molar-refractivity contribution in [3.63, 3.8) is 0 Å². The number of hydrogen-bond donors (Lipinski definition) is 2. The number of aromatic amines is 1. The van der Waals surface area contributed by atoms with Crippen LogP contribution in [0, 0.1) is 0 Å². The van der Waals surface area contributed by atoms with Crippen LogP contribution in [0.5, 0.6) is 0 Å². The molecular formula is C24H20N4O4. The Morgan fingerprint density at radius 3 is 2.53 bits per heavy atom. The molecule has 0 radical (unpaired) electrons. The van der Waals surface area contributed by atoms with Crippen molar-refractivity contribution in [3.05, 3.63) is 70.1 Å². The molecule has 0 unspecified atom stereocenters. The molecule has 8 heteroatoms. The topological polar surface area (TPSA) is 98.6 Å². The van der Waals surface area contributed by atoms with Crippen LogP contribution in [0.2, 0.25) is 0 Å². The zero-order valence-electron chi connectivity index (χ0n) is 17.3. The smallest absolute Gasteiger partial charge is 0.326 e. The Kier molecular flexibility index (Phi) is 3.85. The van der Waals surface area contributed by atoms with Crippen molar-refractivity contribution in [2.75, 3.05) is 22.9 Å². The number of fused-ring (bicyclic) bond motifs is 1. The Morgan fingerprint density at radius 2 is 1.78 bits per heavy atom. The zero-order chi connectivity index (χ0) is 22.1. The number of imide groups is 1. The second-order valence-corrected chi connectivity index (χ2v) is 8.39. The Morgan fingerprint density at radius 1 is 1.00 bits per heavy atom. The lowest BCUT2D eigenvalue weighted by atomic mass is 9.92. The number of aliphatic hydroxyl groups is 1. The molecular weight excluding hydrogens is 408 g/mol. The summed E-state index contributed by atoms with van der Waals surface area (Å²) in [4.78, 5) is 45.0. The molecule has 0 saturated carbocycles.